The zero-order valence-corrected chi connectivity index (χ0v) is 21.7. The first-order valence-electron chi connectivity index (χ1n) is 11.5. The van der Waals surface area contributed by atoms with Crippen LogP contribution in [0.1, 0.15) is 28.8 Å². The molecule has 2 heterocycles. The number of ether oxygens (including phenoxy) is 2. The number of hydrogen-bond acceptors (Lipinski definition) is 6. The van der Waals surface area contributed by atoms with Gasteiger partial charge in [0.05, 0.1) is 0 Å². The van der Waals surface area contributed by atoms with Crippen molar-refractivity contribution in [2.45, 2.75) is 18.4 Å². The molecule has 0 unspecified atom stereocenters. The van der Waals surface area contributed by atoms with Gasteiger partial charge in [-0.2, -0.15) is 0 Å². The summed E-state index contributed by atoms with van der Waals surface area (Å²) in [6.45, 7) is 1.82. The molecule has 0 aromatic heterocycles. The Morgan fingerprint density at radius 2 is 1.69 bits per heavy atom. The number of rotatable bonds is 8. The molecule has 0 radical (unpaired) electrons. The normalized spacial score (nSPS) is 15.9. The number of amides is 3. The van der Waals surface area contributed by atoms with Gasteiger partial charge in [0.1, 0.15) is 5.54 Å². The van der Waals surface area contributed by atoms with Gasteiger partial charge < -0.3 is 30.7 Å². The third-order valence-corrected chi connectivity index (χ3v) is 6.90. The van der Waals surface area contributed by atoms with Crippen molar-refractivity contribution in [3.8, 4) is 11.5 Å². The Labute approximate surface area is 222 Å². The number of hydrogen-bond donors (Lipinski definition) is 4. The summed E-state index contributed by atoms with van der Waals surface area (Å²) >= 11 is 9.32. The van der Waals surface area contributed by atoms with Gasteiger partial charge in [-0.15, -0.1) is 0 Å². The lowest BCUT2D eigenvalue weighted by molar-refractivity contribution is -0.133. The number of halogens is 2. The summed E-state index contributed by atoms with van der Waals surface area (Å²) < 4.78 is 11.5. The minimum Gasteiger partial charge on any atom is -0.454 e. The van der Waals surface area contributed by atoms with Gasteiger partial charge in [-0.1, -0.05) is 27.5 Å². The summed E-state index contributed by atoms with van der Waals surface area (Å²) in [6.07, 6.45) is 3.94. The third-order valence-electron chi connectivity index (χ3n) is 5.96. The van der Waals surface area contributed by atoms with Crippen LogP contribution in [0.15, 0.2) is 46.9 Å². The second kappa shape index (κ2) is 11.8. The van der Waals surface area contributed by atoms with E-state index in [0.29, 0.717) is 48.0 Å². The first-order chi connectivity index (χ1) is 17.4. The zero-order valence-electron chi connectivity index (χ0n) is 19.4. The van der Waals surface area contributed by atoms with Gasteiger partial charge in [-0.05, 0) is 74.0 Å². The molecule has 3 amide bonds. The average Bonchev–Trinajstić information content (AvgIpc) is 3.33. The average molecular weight is 578 g/mol. The number of benzene rings is 2. The number of carbonyl (C=O) groups is 3. The van der Waals surface area contributed by atoms with E-state index in [0.717, 1.165) is 10.0 Å². The summed E-state index contributed by atoms with van der Waals surface area (Å²) in [5, 5.41) is 12.3. The van der Waals surface area contributed by atoms with E-state index >= 15 is 0 Å². The Bertz CT molecular complexity index is 1170. The van der Waals surface area contributed by atoms with E-state index in [4.69, 9.17) is 21.1 Å². The van der Waals surface area contributed by atoms with Crippen LogP contribution in [-0.2, 0) is 9.59 Å². The molecule has 0 saturated carbocycles. The van der Waals surface area contributed by atoms with Crippen molar-refractivity contribution in [2.75, 3.05) is 33.0 Å². The fourth-order valence-electron chi connectivity index (χ4n) is 3.99. The minimum absolute atomic E-state index is 0.159. The lowest BCUT2D eigenvalue weighted by atomic mass is 9.87. The molecule has 2 aromatic rings. The van der Waals surface area contributed by atoms with Crippen molar-refractivity contribution in [1.82, 2.24) is 21.3 Å². The SMILES string of the molecule is O=C(/C=C/c1cc2c(cc1Br)OCO2)NC1(C(=O)NCCNC(=O)c2ccc(Cl)cc2)CCNCC1. The molecule has 1 saturated heterocycles. The molecule has 9 nitrogen and oxygen atoms in total. The predicted octanol–water partition coefficient (Wildman–Crippen LogP) is 2.63. The molecule has 36 heavy (non-hydrogen) atoms. The predicted molar refractivity (Wildman–Crippen MR) is 139 cm³/mol. The lowest BCUT2D eigenvalue weighted by Gasteiger charge is -2.36. The summed E-state index contributed by atoms with van der Waals surface area (Å²) in [7, 11) is 0. The van der Waals surface area contributed by atoms with E-state index in [2.05, 4.69) is 37.2 Å². The van der Waals surface area contributed by atoms with Crippen LogP contribution in [0.25, 0.3) is 6.08 Å². The molecule has 0 bridgehead atoms. The number of fused-ring (bicyclic) bond motifs is 1. The highest BCUT2D eigenvalue weighted by molar-refractivity contribution is 9.10. The van der Waals surface area contributed by atoms with E-state index in [1.807, 2.05) is 0 Å². The third kappa shape index (κ3) is 6.37. The minimum atomic E-state index is -1.04. The van der Waals surface area contributed by atoms with Gasteiger partial charge in [0.15, 0.2) is 11.5 Å². The summed E-state index contributed by atoms with van der Waals surface area (Å²) in [6, 6.07) is 10.1. The summed E-state index contributed by atoms with van der Waals surface area (Å²) in [5.74, 6) is 0.322. The molecule has 190 valence electrons. The molecule has 2 aromatic carbocycles. The highest BCUT2D eigenvalue weighted by atomic mass is 79.9. The standard InChI is InChI=1S/C25H26BrClN4O5/c26-19-14-21-20(35-15-36-21)13-17(19)3-6-22(32)31-25(7-9-28-10-8-25)24(34)30-12-11-29-23(33)16-1-4-18(27)5-2-16/h1-6,13-14,28H,7-12,15H2,(H,29,33)(H,30,34)(H,31,32)/b6-3+. The van der Waals surface area contributed by atoms with Crippen LogP contribution in [0.2, 0.25) is 5.02 Å². The topological polar surface area (TPSA) is 118 Å². The van der Waals surface area contributed by atoms with Crippen LogP contribution >= 0.6 is 27.5 Å². The fourth-order valence-corrected chi connectivity index (χ4v) is 4.57. The Morgan fingerprint density at radius 3 is 2.42 bits per heavy atom. The van der Waals surface area contributed by atoms with Crippen molar-refractivity contribution in [2.24, 2.45) is 0 Å². The maximum Gasteiger partial charge on any atom is 0.251 e. The molecular formula is C25H26BrClN4O5. The van der Waals surface area contributed by atoms with Crippen LogP contribution < -0.4 is 30.7 Å². The second-order valence-electron chi connectivity index (χ2n) is 8.40. The van der Waals surface area contributed by atoms with E-state index in [9.17, 15) is 14.4 Å². The lowest BCUT2D eigenvalue weighted by Crippen LogP contribution is -2.63. The van der Waals surface area contributed by atoms with Crippen LogP contribution in [0.4, 0.5) is 0 Å². The van der Waals surface area contributed by atoms with Crippen molar-refractivity contribution < 1.29 is 23.9 Å². The monoisotopic (exact) mass is 576 g/mol. The van der Waals surface area contributed by atoms with Crippen LogP contribution in [0, 0.1) is 0 Å². The zero-order chi connectivity index (χ0) is 25.5. The highest BCUT2D eigenvalue weighted by Crippen LogP contribution is 2.37. The van der Waals surface area contributed by atoms with E-state index in [1.54, 1.807) is 42.5 Å². The molecule has 1 fully saturated rings. The molecule has 11 heteroatoms. The van der Waals surface area contributed by atoms with Crippen LogP contribution in [-0.4, -0.2) is 56.2 Å². The van der Waals surface area contributed by atoms with Crippen LogP contribution in [0.5, 0.6) is 11.5 Å². The van der Waals surface area contributed by atoms with Crippen molar-refractivity contribution in [3.05, 3.63) is 63.1 Å². The quantitative estimate of drug-likeness (QED) is 0.283. The maximum atomic E-state index is 13.1. The van der Waals surface area contributed by atoms with E-state index < -0.39 is 5.54 Å². The second-order valence-corrected chi connectivity index (χ2v) is 9.69. The molecule has 0 spiro atoms. The number of piperidine rings is 1. The molecule has 0 aliphatic carbocycles. The molecular weight excluding hydrogens is 552 g/mol. The molecule has 2 aliphatic rings. The largest absolute Gasteiger partial charge is 0.454 e. The molecule has 0 atom stereocenters. The fraction of sp³-hybridized carbons (Fsp3) is 0.320. The molecule has 4 rings (SSSR count). The Balaban J connectivity index is 1.32. The van der Waals surface area contributed by atoms with Gasteiger partial charge in [-0.25, -0.2) is 0 Å². The van der Waals surface area contributed by atoms with E-state index in [1.165, 1.54) is 6.08 Å². The van der Waals surface area contributed by atoms with Gasteiger partial charge in [0.2, 0.25) is 18.6 Å². The number of carbonyl (C=O) groups excluding carboxylic acids is 3. The summed E-state index contributed by atoms with van der Waals surface area (Å²) in [5.41, 5.74) is 0.183. The van der Waals surface area contributed by atoms with Gasteiger partial charge >= 0.3 is 0 Å². The van der Waals surface area contributed by atoms with Gasteiger partial charge in [-0.3, -0.25) is 14.4 Å². The molecule has 4 N–H and O–H groups in total. The van der Waals surface area contributed by atoms with Crippen molar-refractivity contribution in [1.29, 1.82) is 0 Å². The summed E-state index contributed by atoms with van der Waals surface area (Å²) in [4.78, 5) is 38.2. The van der Waals surface area contributed by atoms with Crippen molar-refractivity contribution >= 4 is 51.3 Å². The number of nitrogens with one attached hydrogen (secondary N) is 4. The first-order valence-corrected chi connectivity index (χ1v) is 12.7. The van der Waals surface area contributed by atoms with E-state index in [-0.39, 0.29) is 37.6 Å². The first kappa shape index (κ1) is 26.0. The Morgan fingerprint density at radius 1 is 1.03 bits per heavy atom. The Hall–Kier alpha value is -3.08. The maximum absolute atomic E-state index is 13.1. The van der Waals surface area contributed by atoms with Gasteiger partial charge in [0.25, 0.3) is 5.91 Å². The van der Waals surface area contributed by atoms with Crippen LogP contribution in [0.3, 0.4) is 0 Å². The molecule has 2 aliphatic heterocycles. The van der Waals surface area contributed by atoms with Gasteiger partial charge in [0, 0.05) is 34.2 Å². The highest BCUT2D eigenvalue weighted by Gasteiger charge is 2.40. The Kier molecular flexibility index (Phi) is 8.50. The van der Waals surface area contributed by atoms with Crippen molar-refractivity contribution in [3.63, 3.8) is 0 Å². The smallest absolute Gasteiger partial charge is 0.251 e.